The summed E-state index contributed by atoms with van der Waals surface area (Å²) in [6, 6.07) is 0.435. The van der Waals surface area contributed by atoms with Gasteiger partial charge in [-0.2, -0.15) is 0 Å². The van der Waals surface area contributed by atoms with Gasteiger partial charge in [0.05, 0.1) is 0 Å². The van der Waals surface area contributed by atoms with Crippen LogP contribution in [0.4, 0.5) is 11.6 Å². The van der Waals surface area contributed by atoms with Gasteiger partial charge in [-0.15, -0.1) is 0 Å². The van der Waals surface area contributed by atoms with Crippen LogP contribution in [-0.2, 0) is 0 Å². The van der Waals surface area contributed by atoms with Gasteiger partial charge in [0, 0.05) is 12.6 Å². The highest BCUT2D eigenvalue weighted by molar-refractivity contribution is 9.10. The van der Waals surface area contributed by atoms with Gasteiger partial charge in [-0.1, -0.05) is 34.6 Å². The number of aromatic nitrogens is 2. The Hall–Kier alpha value is -0.840. The molecule has 106 valence electrons. The lowest BCUT2D eigenvalue weighted by molar-refractivity contribution is 0.457. The molecule has 19 heavy (non-hydrogen) atoms. The van der Waals surface area contributed by atoms with E-state index in [1.165, 1.54) is 0 Å². The maximum Gasteiger partial charge on any atom is 0.146 e. The van der Waals surface area contributed by atoms with Crippen molar-refractivity contribution in [2.24, 2.45) is 10.8 Å². The normalized spacial score (nSPS) is 20.1. The van der Waals surface area contributed by atoms with Gasteiger partial charge in [0.15, 0.2) is 0 Å². The first-order chi connectivity index (χ1) is 8.82. The van der Waals surface area contributed by atoms with Crippen molar-refractivity contribution in [1.82, 2.24) is 9.97 Å². The van der Waals surface area contributed by atoms with Gasteiger partial charge in [0.2, 0.25) is 0 Å². The molecule has 1 fully saturated rings. The first-order valence-electron chi connectivity index (χ1n) is 6.83. The molecular weight excluding hydrogens is 304 g/mol. The van der Waals surface area contributed by atoms with Gasteiger partial charge in [0.25, 0.3) is 0 Å². The molecule has 1 aromatic heterocycles. The molecule has 0 aromatic carbocycles. The summed E-state index contributed by atoms with van der Waals surface area (Å²) in [5.74, 6) is 1.73. The fourth-order valence-corrected chi connectivity index (χ4v) is 2.99. The summed E-state index contributed by atoms with van der Waals surface area (Å²) in [4.78, 5) is 8.62. The van der Waals surface area contributed by atoms with Gasteiger partial charge in [-0.05, 0) is 33.2 Å². The van der Waals surface area contributed by atoms with E-state index in [9.17, 15) is 0 Å². The summed E-state index contributed by atoms with van der Waals surface area (Å²) in [7, 11) is 0. The Morgan fingerprint density at radius 1 is 1.16 bits per heavy atom. The third-order valence-electron chi connectivity index (χ3n) is 4.63. The molecule has 0 amide bonds. The van der Waals surface area contributed by atoms with Crippen LogP contribution in [0, 0.1) is 10.8 Å². The maximum absolute atomic E-state index is 4.35. The van der Waals surface area contributed by atoms with Crippen molar-refractivity contribution in [3.8, 4) is 0 Å². The van der Waals surface area contributed by atoms with Gasteiger partial charge < -0.3 is 10.6 Å². The van der Waals surface area contributed by atoms with E-state index in [1.54, 1.807) is 6.33 Å². The second-order valence-corrected chi connectivity index (χ2v) is 7.13. The van der Waals surface area contributed by atoms with Crippen LogP contribution < -0.4 is 10.6 Å². The molecule has 1 saturated carbocycles. The van der Waals surface area contributed by atoms with Gasteiger partial charge in [0.1, 0.15) is 22.4 Å². The predicted molar refractivity (Wildman–Crippen MR) is 83.5 cm³/mol. The zero-order chi connectivity index (χ0) is 14.3. The van der Waals surface area contributed by atoms with Crippen molar-refractivity contribution in [2.75, 3.05) is 17.2 Å². The maximum atomic E-state index is 4.35. The van der Waals surface area contributed by atoms with E-state index in [-0.39, 0.29) is 10.8 Å². The highest BCUT2D eigenvalue weighted by Gasteiger charge is 2.65. The zero-order valence-electron chi connectivity index (χ0n) is 12.3. The Bertz CT molecular complexity index is 457. The summed E-state index contributed by atoms with van der Waals surface area (Å²) in [5.41, 5.74) is 0.572. The monoisotopic (exact) mass is 326 g/mol. The number of nitrogens with zero attached hydrogens (tertiary/aromatic N) is 2. The highest BCUT2D eigenvalue weighted by atomic mass is 79.9. The van der Waals surface area contributed by atoms with Crippen molar-refractivity contribution in [3.05, 3.63) is 10.8 Å². The number of anilines is 2. The molecule has 0 bridgehead atoms. The minimum atomic E-state index is 0.286. The second kappa shape index (κ2) is 4.93. The molecular formula is C14H23BrN4. The topological polar surface area (TPSA) is 49.8 Å². The molecule has 0 spiro atoms. The van der Waals surface area contributed by atoms with E-state index in [4.69, 9.17) is 0 Å². The lowest BCUT2D eigenvalue weighted by atomic mass is 10.0. The summed E-state index contributed by atoms with van der Waals surface area (Å²) in [6.07, 6.45) is 2.68. The first-order valence-corrected chi connectivity index (χ1v) is 7.62. The lowest BCUT2D eigenvalue weighted by Crippen LogP contribution is -2.13. The molecule has 2 rings (SSSR count). The van der Waals surface area contributed by atoms with Gasteiger partial charge in [-0.3, -0.25) is 0 Å². The Morgan fingerprint density at radius 2 is 1.74 bits per heavy atom. The Balaban J connectivity index is 2.14. The van der Waals surface area contributed by atoms with E-state index < -0.39 is 0 Å². The number of hydrogen-bond acceptors (Lipinski definition) is 4. The minimum absolute atomic E-state index is 0.286. The quantitative estimate of drug-likeness (QED) is 0.861. The van der Waals surface area contributed by atoms with Crippen LogP contribution in [0.1, 0.15) is 41.0 Å². The van der Waals surface area contributed by atoms with E-state index >= 15 is 0 Å². The van der Waals surface area contributed by atoms with Crippen molar-refractivity contribution in [1.29, 1.82) is 0 Å². The molecule has 2 N–H and O–H groups in total. The highest BCUT2D eigenvalue weighted by Crippen LogP contribution is 2.63. The van der Waals surface area contributed by atoms with Crippen molar-refractivity contribution in [2.45, 2.75) is 47.1 Å². The molecule has 0 saturated heterocycles. The third kappa shape index (κ3) is 2.45. The first kappa shape index (κ1) is 14.6. The summed E-state index contributed by atoms with van der Waals surface area (Å²) < 4.78 is 0.918. The molecule has 0 aliphatic heterocycles. The standard InChI is InChI=1S/C14H23BrN4/c1-6-7-16-10-9(15)11(18-8-17-10)19-12-13(2,3)14(12,4)5/h8,12H,6-7H2,1-5H3,(H2,16,17,18,19). The van der Waals surface area contributed by atoms with Crippen molar-refractivity contribution < 1.29 is 0 Å². The molecule has 1 aliphatic carbocycles. The molecule has 0 radical (unpaired) electrons. The van der Waals surface area contributed by atoms with Crippen LogP contribution >= 0.6 is 15.9 Å². The fourth-order valence-electron chi connectivity index (χ4n) is 2.53. The summed E-state index contributed by atoms with van der Waals surface area (Å²) in [6.45, 7) is 12.2. The number of hydrogen-bond donors (Lipinski definition) is 2. The average Bonchev–Trinajstić information content (AvgIpc) is 2.72. The molecule has 5 heteroatoms. The van der Waals surface area contributed by atoms with Crippen LogP contribution in [0.25, 0.3) is 0 Å². The Morgan fingerprint density at radius 3 is 2.26 bits per heavy atom. The van der Waals surface area contributed by atoms with Crippen LogP contribution in [0.3, 0.4) is 0 Å². The largest absolute Gasteiger partial charge is 0.369 e. The van der Waals surface area contributed by atoms with Gasteiger partial charge >= 0.3 is 0 Å². The number of nitrogens with one attached hydrogen (secondary N) is 2. The average molecular weight is 327 g/mol. The molecule has 0 atom stereocenters. The molecule has 1 heterocycles. The van der Waals surface area contributed by atoms with Crippen molar-refractivity contribution in [3.63, 3.8) is 0 Å². The van der Waals surface area contributed by atoms with E-state index in [0.29, 0.717) is 6.04 Å². The Labute approximate surface area is 123 Å². The van der Waals surface area contributed by atoms with Crippen LogP contribution in [0.5, 0.6) is 0 Å². The molecule has 1 aliphatic rings. The van der Waals surface area contributed by atoms with Crippen LogP contribution in [0.2, 0.25) is 0 Å². The fraction of sp³-hybridized carbons (Fsp3) is 0.714. The zero-order valence-corrected chi connectivity index (χ0v) is 13.9. The van der Waals surface area contributed by atoms with Crippen LogP contribution in [-0.4, -0.2) is 22.6 Å². The Kier molecular flexibility index (Phi) is 3.78. The number of halogens is 1. The van der Waals surface area contributed by atoms with E-state index in [0.717, 1.165) is 29.1 Å². The third-order valence-corrected chi connectivity index (χ3v) is 5.38. The SMILES string of the molecule is CCCNc1ncnc(NC2C(C)(C)C2(C)C)c1Br. The number of rotatable bonds is 5. The van der Waals surface area contributed by atoms with Gasteiger partial charge in [-0.25, -0.2) is 9.97 Å². The summed E-state index contributed by atoms with van der Waals surface area (Å²) in [5, 5.41) is 6.84. The molecule has 4 nitrogen and oxygen atoms in total. The summed E-state index contributed by atoms with van der Waals surface area (Å²) >= 11 is 3.59. The minimum Gasteiger partial charge on any atom is -0.369 e. The lowest BCUT2D eigenvalue weighted by Gasteiger charge is -2.12. The molecule has 1 aromatic rings. The van der Waals surface area contributed by atoms with Crippen LogP contribution in [0.15, 0.2) is 10.8 Å². The smallest absolute Gasteiger partial charge is 0.146 e. The van der Waals surface area contributed by atoms with E-state index in [1.807, 2.05) is 0 Å². The second-order valence-electron chi connectivity index (χ2n) is 6.33. The van der Waals surface area contributed by atoms with Crippen molar-refractivity contribution >= 4 is 27.6 Å². The van der Waals surface area contributed by atoms with E-state index in [2.05, 4.69) is 71.2 Å². The molecule has 0 unspecified atom stereocenters. The predicted octanol–water partition coefficient (Wildman–Crippen LogP) is 3.91.